The smallest absolute Gasteiger partial charge is 0.218 e. The van der Waals surface area contributed by atoms with Crippen LogP contribution in [0.5, 0.6) is 0 Å². The summed E-state index contributed by atoms with van der Waals surface area (Å²) in [5.74, 6) is -0.303. The van der Waals surface area contributed by atoms with Gasteiger partial charge in [0.15, 0.2) is 0 Å². The molecule has 1 unspecified atom stereocenters. The fraction of sp³-hybridized carbons (Fsp3) is 0.571. The number of aliphatic hydroxyl groups is 1. The second-order valence-electron chi connectivity index (χ2n) is 5.36. The monoisotopic (exact) mass is 301 g/mol. The summed E-state index contributed by atoms with van der Waals surface area (Å²) < 4.78 is 38.8. The summed E-state index contributed by atoms with van der Waals surface area (Å²) in [6, 6.07) is 5.53. The van der Waals surface area contributed by atoms with E-state index in [0.29, 0.717) is 31.5 Å². The maximum Gasteiger partial charge on any atom is 0.218 e. The first-order valence-corrected chi connectivity index (χ1v) is 8.40. The minimum absolute atomic E-state index is 0.105. The molecule has 2 rings (SSSR count). The van der Waals surface area contributed by atoms with E-state index in [2.05, 4.69) is 0 Å². The van der Waals surface area contributed by atoms with Gasteiger partial charge in [-0.05, 0) is 43.4 Å². The summed E-state index contributed by atoms with van der Waals surface area (Å²) in [5, 5.41) is 9.52. The van der Waals surface area contributed by atoms with Crippen LogP contribution in [0.1, 0.15) is 25.3 Å². The van der Waals surface area contributed by atoms with E-state index in [9.17, 15) is 17.9 Å². The first-order valence-electron chi connectivity index (χ1n) is 6.79. The summed E-state index contributed by atoms with van der Waals surface area (Å²) in [4.78, 5) is 0. The van der Waals surface area contributed by atoms with Crippen molar-refractivity contribution < 1.29 is 17.9 Å². The van der Waals surface area contributed by atoms with Gasteiger partial charge in [-0.3, -0.25) is 0 Å². The minimum atomic E-state index is -3.37. The van der Waals surface area contributed by atoms with Gasteiger partial charge < -0.3 is 5.11 Å². The number of nitrogens with zero attached hydrogens (tertiary/aromatic N) is 1. The summed E-state index contributed by atoms with van der Waals surface area (Å²) in [5.41, 5.74) is 0.587. The van der Waals surface area contributed by atoms with E-state index in [1.54, 1.807) is 6.92 Å². The number of hydrogen-bond acceptors (Lipinski definition) is 3. The molecular formula is C14H20FNO3S. The minimum Gasteiger partial charge on any atom is -0.393 e. The van der Waals surface area contributed by atoms with Crippen molar-refractivity contribution in [3.8, 4) is 0 Å². The molecule has 1 atom stereocenters. The molecule has 1 aliphatic heterocycles. The highest BCUT2D eigenvalue weighted by atomic mass is 32.2. The lowest BCUT2D eigenvalue weighted by atomic mass is 9.93. The van der Waals surface area contributed by atoms with E-state index in [4.69, 9.17) is 0 Å². The van der Waals surface area contributed by atoms with Gasteiger partial charge in [-0.15, -0.1) is 0 Å². The first-order chi connectivity index (χ1) is 9.38. The zero-order valence-corrected chi connectivity index (χ0v) is 12.3. The van der Waals surface area contributed by atoms with Gasteiger partial charge in [0.25, 0.3) is 0 Å². The Morgan fingerprint density at radius 1 is 1.30 bits per heavy atom. The molecule has 0 spiro atoms. The largest absolute Gasteiger partial charge is 0.393 e. The Kier molecular flexibility index (Phi) is 4.78. The molecule has 112 valence electrons. The van der Waals surface area contributed by atoms with Crippen molar-refractivity contribution in [1.29, 1.82) is 0 Å². The van der Waals surface area contributed by atoms with Crippen molar-refractivity contribution in [1.82, 2.24) is 4.31 Å². The predicted molar refractivity (Wildman–Crippen MR) is 75.0 cm³/mol. The van der Waals surface area contributed by atoms with Crippen molar-refractivity contribution in [3.05, 3.63) is 35.6 Å². The normalized spacial score (nSPS) is 19.9. The maximum atomic E-state index is 12.8. The molecule has 0 aliphatic carbocycles. The highest BCUT2D eigenvalue weighted by Gasteiger charge is 2.29. The third kappa shape index (κ3) is 3.77. The number of piperidine rings is 1. The second kappa shape index (κ2) is 6.20. The lowest BCUT2D eigenvalue weighted by Gasteiger charge is -2.32. The van der Waals surface area contributed by atoms with Gasteiger partial charge in [0.05, 0.1) is 11.9 Å². The van der Waals surface area contributed by atoms with Crippen LogP contribution in [0.25, 0.3) is 0 Å². The van der Waals surface area contributed by atoms with Crippen molar-refractivity contribution in [3.63, 3.8) is 0 Å². The molecule has 1 aliphatic rings. The molecule has 1 saturated heterocycles. The van der Waals surface area contributed by atoms with Gasteiger partial charge in [0.2, 0.25) is 10.0 Å². The number of sulfonamides is 1. The Hall–Kier alpha value is -0.980. The predicted octanol–water partition coefficient (Wildman–Crippen LogP) is 1.75. The van der Waals surface area contributed by atoms with Crippen molar-refractivity contribution >= 4 is 10.0 Å². The highest BCUT2D eigenvalue weighted by Crippen LogP contribution is 2.23. The average Bonchev–Trinajstić information content (AvgIpc) is 2.41. The number of aliphatic hydroxyl groups excluding tert-OH is 1. The summed E-state index contributed by atoms with van der Waals surface area (Å²) in [6.07, 6.45) is 0.970. The Morgan fingerprint density at radius 3 is 2.35 bits per heavy atom. The van der Waals surface area contributed by atoms with E-state index in [0.717, 1.165) is 0 Å². The lowest BCUT2D eigenvalue weighted by molar-refractivity contribution is 0.0912. The molecule has 0 amide bonds. The number of halogens is 1. The number of rotatable bonds is 4. The van der Waals surface area contributed by atoms with Crippen LogP contribution in [0, 0.1) is 11.7 Å². The SMILES string of the molecule is CC(O)C1CCN(S(=O)(=O)Cc2ccc(F)cc2)CC1. The zero-order valence-electron chi connectivity index (χ0n) is 11.5. The summed E-state index contributed by atoms with van der Waals surface area (Å²) >= 11 is 0. The lowest BCUT2D eigenvalue weighted by Crippen LogP contribution is -2.41. The van der Waals surface area contributed by atoms with Crippen LogP contribution < -0.4 is 0 Å². The van der Waals surface area contributed by atoms with Gasteiger partial charge in [-0.1, -0.05) is 12.1 Å². The Balaban J connectivity index is 1.99. The van der Waals surface area contributed by atoms with Gasteiger partial charge >= 0.3 is 0 Å². The third-order valence-electron chi connectivity index (χ3n) is 3.84. The topological polar surface area (TPSA) is 57.6 Å². The fourth-order valence-electron chi connectivity index (χ4n) is 2.52. The highest BCUT2D eigenvalue weighted by molar-refractivity contribution is 7.88. The summed E-state index contributed by atoms with van der Waals surface area (Å²) in [6.45, 7) is 2.63. The van der Waals surface area contributed by atoms with Gasteiger partial charge in [-0.25, -0.2) is 17.1 Å². The maximum absolute atomic E-state index is 12.8. The van der Waals surface area contributed by atoms with Crippen LogP contribution in [0.3, 0.4) is 0 Å². The van der Waals surface area contributed by atoms with E-state index >= 15 is 0 Å². The molecule has 0 aromatic heterocycles. The Bertz CT molecular complexity index is 534. The molecule has 6 heteroatoms. The van der Waals surface area contributed by atoms with Crippen LogP contribution in [-0.2, 0) is 15.8 Å². The number of hydrogen-bond donors (Lipinski definition) is 1. The van der Waals surface area contributed by atoms with Crippen LogP contribution in [0.4, 0.5) is 4.39 Å². The van der Waals surface area contributed by atoms with Gasteiger partial charge in [0.1, 0.15) is 5.82 Å². The molecule has 4 nitrogen and oxygen atoms in total. The van der Waals surface area contributed by atoms with Crippen LogP contribution in [0.2, 0.25) is 0 Å². The Labute approximate surface area is 119 Å². The molecule has 0 radical (unpaired) electrons. The summed E-state index contributed by atoms with van der Waals surface area (Å²) in [7, 11) is -3.37. The van der Waals surface area contributed by atoms with Crippen LogP contribution >= 0.6 is 0 Å². The molecule has 20 heavy (non-hydrogen) atoms. The van der Waals surface area contributed by atoms with Crippen molar-refractivity contribution in [2.24, 2.45) is 5.92 Å². The average molecular weight is 301 g/mol. The molecule has 1 fully saturated rings. The van der Waals surface area contributed by atoms with Gasteiger partial charge in [0, 0.05) is 13.1 Å². The second-order valence-corrected chi connectivity index (χ2v) is 7.33. The Morgan fingerprint density at radius 2 is 1.85 bits per heavy atom. The van der Waals surface area contributed by atoms with E-state index in [1.807, 2.05) is 0 Å². The van der Waals surface area contributed by atoms with E-state index in [1.165, 1.54) is 28.6 Å². The zero-order chi connectivity index (χ0) is 14.8. The van der Waals surface area contributed by atoms with Crippen molar-refractivity contribution in [2.75, 3.05) is 13.1 Å². The van der Waals surface area contributed by atoms with Crippen molar-refractivity contribution in [2.45, 2.75) is 31.6 Å². The van der Waals surface area contributed by atoms with E-state index < -0.39 is 16.1 Å². The fourth-order valence-corrected chi connectivity index (χ4v) is 4.08. The molecule has 1 heterocycles. The van der Waals surface area contributed by atoms with E-state index in [-0.39, 0.29) is 17.5 Å². The van der Waals surface area contributed by atoms with Crippen LogP contribution in [-0.4, -0.2) is 37.0 Å². The first kappa shape index (κ1) is 15.4. The van der Waals surface area contributed by atoms with Gasteiger partial charge in [-0.2, -0.15) is 0 Å². The molecular weight excluding hydrogens is 281 g/mol. The van der Waals surface area contributed by atoms with Crippen LogP contribution in [0.15, 0.2) is 24.3 Å². The molecule has 0 saturated carbocycles. The number of benzene rings is 1. The quantitative estimate of drug-likeness (QED) is 0.922. The third-order valence-corrected chi connectivity index (χ3v) is 5.69. The molecule has 1 aromatic carbocycles. The molecule has 0 bridgehead atoms. The molecule has 1 aromatic rings. The molecule has 1 N–H and O–H groups in total. The standard InChI is InChI=1S/C14H20FNO3S/c1-11(17)13-6-8-16(9-7-13)20(18,19)10-12-2-4-14(15)5-3-12/h2-5,11,13,17H,6-10H2,1H3.